The van der Waals surface area contributed by atoms with Crippen molar-refractivity contribution in [1.29, 1.82) is 0 Å². The Bertz CT molecular complexity index is 1090. The summed E-state index contributed by atoms with van der Waals surface area (Å²) in [6.07, 6.45) is 23.8. The summed E-state index contributed by atoms with van der Waals surface area (Å²) in [5, 5.41) is 14.1. The Hall–Kier alpha value is -1.71. The van der Waals surface area contributed by atoms with Gasteiger partial charge < -0.3 is 15.2 Å². The average Bonchev–Trinajstić information content (AvgIpc) is 3.16. The molecule has 1 aromatic rings. The maximum absolute atomic E-state index is 12.8. The van der Waals surface area contributed by atoms with E-state index in [1.54, 1.807) is 6.07 Å². The molecule has 0 saturated heterocycles. The molecule has 6 rings (SSSR count). The molecule has 5 aliphatic carbocycles. The lowest BCUT2D eigenvalue weighted by Crippen LogP contribution is -2.53. The molecule has 5 saturated carbocycles. The van der Waals surface area contributed by atoms with Gasteiger partial charge in [-0.05, 0) is 135 Å². The molecular formula is C39H61NO3. The number of aromatic hydroxyl groups is 1. The van der Waals surface area contributed by atoms with E-state index in [4.69, 9.17) is 4.74 Å². The molecule has 5 fully saturated rings. The minimum Gasteiger partial charge on any atom is -0.507 e. The van der Waals surface area contributed by atoms with Crippen LogP contribution >= 0.6 is 0 Å². The summed E-state index contributed by atoms with van der Waals surface area (Å²) in [6, 6.07) is 5.70. The van der Waals surface area contributed by atoms with E-state index < -0.39 is 0 Å². The van der Waals surface area contributed by atoms with Crippen molar-refractivity contribution >= 4 is 11.7 Å². The third-order valence-corrected chi connectivity index (χ3v) is 14.2. The minimum atomic E-state index is -0.131. The number of phenolic OH excluding ortho intramolecular Hbond substituents is 1. The lowest BCUT2D eigenvalue weighted by molar-refractivity contribution is -0.145. The zero-order valence-corrected chi connectivity index (χ0v) is 27.7. The van der Waals surface area contributed by atoms with Crippen molar-refractivity contribution in [2.24, 2.45) is 52.3 Å². The van der Waals surface area contributed by atoms with E-state index >= 15 is 0 Å². The Labute approximate surface area is 262 Å². The summed E-state index contributed by atoms with van der Waals surface area (Å²) in [5.41, 5.74) is 2.69. The highest BCUT2D eigenvalue weighted by Gasteiger charge is 2.60. The average molecular weight is 592 g/mol. The first kappa shape index (κ1) is 31.3. The molecule has 0 spiro atoms. The summed E-state index contributed by atoms with van der Waals surface area (Å²) in [5.74, 6) is 5.85. The molecule has 4 heteroatoms. The summed E-state index contributed by atoms with van der Waals surface area (Å²) in [4.78, 5) is 12.8. The number of esters is 1. The van der Waals surface area contributed by atoms with Gasteiger partial charge in [0, 0.05) is 30.3 Å². The van der Waals surface area contributed by atoms with Crippen LogP contribution in [0.5, 0.6) is 5.75 Å². The molecule has 43 heavy (non-hydrogen) atoms. The Morgan fingerprint density at radius 2 is 1.67 bits per heavy atom. The molecule has 0 amide bonds. The SMILES string of the molecule is CC(CCC(=O)OCc1ccc(NCC2CCCCCC2)cc1O)C1CCC2C3CCC4CCCCC4(C)C3CCC12C. The topological polar surface area (TPSA) is 58.6 Å². The van der Waals surface area contributed by atoms with Crippen molar-refractivity contribution in [2.45, 2.75) is 143 Å². The van der Waals surface area contributed by atoms with Gasteiger partial charge in [-0.15, -0.1) is 0 Å². The highest BCUT2D eigenvalue weighted by molar-refractivity contribution is 5.69. The molecule has 8 unspecified atom stereocenters. The molecule has 0 heterocycles. The number of hydrogen-bond acceptors (Lipinski definition) is 4. The van der Waals surface area contributed by atoms with Crippen molar-refractivity contribution < 1.29 is 14.6 Å². The number of hydrogen-bond donors (Lipinski definition) is 2. The quantitative estimate of drug-likeness (QED) is 0.222. The zero-order valence-electron chi connectivity index (χ0n) is 27.7. The zero-order chi connectivity index (χ0) is 30.0. The molecular weight excluding hydrogens is 530 g/mol. The fraction of sp³-hybridized carbons (Fsp3) is 0.821. The second-order valence-electron chi connectivity index (χ2n) is 16.4. The normalized spacial score (nSPS) is 37.0. The lowest BCUT2D eigenvalue weighted by atomic mass is 9.44. The lowest BCUT2D eigenvalue weighted by Gasteiger charge is -2.61. The van der Waals surface area contributed by atoms with Crippen LogP contribution in [0.1, 0.15) is 142 Å². The van der Waals surface area contributed by atoms with Gasteiger partial charge in [0.05, 0.1) is 0 Å². The van der Waals surface area contributed by atoms with E-state index in [2.05, 4.69) is 26.1 Å². The van der Waals surface area contributed by atoms with Crippen LogP contribution in [0, 0.1) is 52.3 Å². The molecule has 0 aromatic heterocycles. The van der Waals surface area contributed by atoms with Gasteiger partial charge in [-0.3, -0.25) is 4.79 Å². The van der Waals surface area contributed by atoms with E-state index in [-0.39, 0.29) is 18.3 Å². The van der Waals surface area contributed by atoms with Gasteiger partial charge in [-0.2, -0.15) is 0 Å². The van der Waals surface area contributed by atoms with Crippen LogP contribution in [0.4, 0.5) is 5.69 Å². The van der Waals surface area contributed by atoms with Crippen molar-refractivity contribution in [3.63, 3.8) is 0 Å². The predicted octanol–water partition coefficient (Wildman–Crippen LogP) is 10.3. The number of phenols is 1. The second kappa shape index (κ2) is 13.3. The minimum absolute atomic E-state index is 0.131. The van der Waals surface area contributed by atoms with Crippen molar-refractivity contribution in [3.05, 3.63) is 23.8 Å². The molecule has 0 bridgehead atoms. The molecule has 240 valence electrons. The van der Waals surface area contributed by atoms with Crippen LogP contribution in [-0.4, -0.2) is 17.6 Å². The predicted molar refractivity (Wildman–Crippen MR) is 176 cm³/mol. The smallest absolute Gasteiger partial charge is 0.306 e. The Morgan fingerprint density at radius 3 is 2.47 bits per heavy atom. The number of ether oxygens (including phenoxy) is 1. The van der Waals surface area contributed by atoms with E-state index in [1.807, 2.05) is 12.1 Å². The molecule has 8 atom stereocenters. The third kappa shape index (κ3) is 6.51. The highest BCUT2D eigenvalue weighted by atomic mass is 16.5. The molecule has 0 aliphatic heterocycles. The molecule has 0 radical (unpaired) electrons. The van der Waals surface area contributed by atoms with Gasteiger partial charge in [-0.1, -0.05) is 59.3 Å². The highest BCUT2D eigenvalue weighted by Crippen LogP contribution is 2.68. The molecule has 5 aliphatic rings. The van der Waals surface area contributed by atoms with Crippen LogP contribution in [-0.2, 0) is 16.1 Å². The fourth-order valence-corrected chi connectivity index (χ4v) is 11.7. The summed E-state index contributed by atoms with van der Waals surface area (Å²) in [6.45, 7) is 8.83. The number of anilines is 1. The van der Waals surface area contributed by atoms with Gasteiger partial charge in [-0.25, -0.2) is 0 Å². The third-order valence-electron chi connectivity index (χ3n) is 14.2. The van der Waals surface area contributed by atoms with Crippen molar-refractivity contribution in [3.8, 4) is 5.75 Å². The monoisotopic (exact) mass is 591 g/mol. The standard InChI is InChI=1S/C39H61NO3/c1-27(33-18-19-34-32-17-15-30-12-8-9-22-38(30,2)35(32)21-23-39(33,34)3)13-20-37(42)43-26-29-14-16-31(24-36(29)41)40-25-28-10-6-4-5-7-11-28/h14,16,24,27-28,30,32-35,40-41H,4-13,15,17-23,25-26H2,1-3H3. The van der Waals surface area contributed by atoms with Crippen molar-refractivity contribution in [1.82, 2.24) is 0 Å². The van der Waals surface area contributed by atoms with Gasteiger partial charge in [0.1, 0.15) is 12.4 Å². The van der Waals surface area contributed by atoms with Gasteiger partial charge in [0.15, 0.2) is 0 Å². The van der Waals surface area contributed by atoms with Crippen LogP contribution in [0.2, 0.25) is 0 Å². The number of rotatable bonds is 9. The Kier molecular flexibility index (Phi) is 9.70. The molecule has 1 aromatic carbocycles. The maximum atomic E-state index is 12.8. The van der Waals surface area contributed by atoms with Gasteiger partial charge in [0.2, 0.25) is 0 Å². The molecule has 4 nitrogen and oxygen atoms in total. The van der Waals surface area contributed by atoms with Gasteiger partial charge >= 0.3 is 5.97 Å². The van der Waals surface area contributed by atoms with E-state index in [0.717, 1.165) is 54.2 Å². The summed E-state index contributed by atoms with van der Waals surface area (Å²) < 4.78 is 5.68. The van der Waals surface area contributed by atoms with E-state index in [0.29, 0.717) is 28.7 Å². The number of benzene rings is 1. The van der Waals surface area contributed by atoms with Crippen LogP contribution in [0.15, 0.2) is 18.2 Å². The maximum Gasteiger partial charge on any atom is 0.306 e. The number of carbonyl (C=O) groups excluding carboxylic acids is 1. The number of fused-ring (bicyclic) bond motifs is 5. The first-order valence-corrected chi connectivity index (χ1v) is 18.5. The number of nitrogens with one attached hydrogen (secondary N) is 1. The van der Waals surface area contributed by atoms with E-state index in [9.17, 15) is 9.90 Å². The Balaban J connectivity index is 0.965. The molecule has 2 N–H and O–H groups in total. The van der Waals surface area contributed by atoms with Crippen LogP contribution in [0.3, 0.4) is 0 Å². The summed E-state index contributed by atoms with van der Waals surface area (Å²) >= 11 is 0. The number of carbonyl (C=O) groups is 1. The van der Waals surface area contributed by atoms with E-state index in [1.165, 1.54) is 103 Å². The fourth-order valence-electron chi connectivity index (χ4n) is 11.7. The van der Waals surface area contributed by atoms with Gasteiger partial charge in [0.25, 0.3) is 0 Å². The second-order valence-corrected chi connectivity index (χ2v) is 16.4. The largest absolute Gasteiger partial charge is 0.507 e. The first-order valence-electron chi connectivity index (χ1n) is 18.5. The van der Waals surface area contributed by atoms with Crippen molar-refractivity contribution in [2.75, 3.05) is 11.9 Å². The Morgan fingerprint density at radius 1 is 0.907 bits per heavy atom. The van der Waals surface area contributed by atoms with Crippen LogP contribution in [0.25, 0.3) is 0 Å². The first-order chi connectivity index (χ1) is 20.8. The van der Waals surface area contributed by atoms with Crippen LogP contribution < -0.4 is 5.32 Å². The summed E-state index contributed by atoms with van der Waals surface area (Å²) in [7, 11) is 0.